The molecule has 0 aromatic carbocycles. The first-order chi connectivity index (χ1) is 43.3. The molecule has 0 aromatic heterocycles. The second-order valence-electron chi connectivity index (χ2n) is 23.2. The maximum absolute atomic E-state index is 13.4. The van der Waals surface area contributed by atoms with Gasteiger partial charge in [-0.3, -0.25) is 4.79 Å². The summed E-state index contributed by atoms with van der Waals surface area (Å²) in [5.41, 5.74) is 0. The number of aliphatic hydroxyl groups excluding tert-OH is 11. The first-order valence-electron chi connectivity index (χ1n) is 33.3. The number of hydrogen-bond acceptors (Lipinski definition) is 18. The van der Waals surface area contributed by atoms with Gasteiger partial charge in [0.25, 0.3) is 0 Å². The summed E-state index contributed by atoms with van der Waals surface area (Å²) in [6, 6.07) is -1.01. The summed E-state index contributed by atoms with van der Waals surface area (Å²) in [4.78, 5) is 13.4. The molecular weight excluding hydrogens is 1140 g/mol. The third kappa shape index (κ3) is 33.0. The number of unbranched alkanes of at least 4 members (excludes halogenated alkanes) is 14. The first-order valence-corrected chi connectivity index (χ1v) is 33.3. The summed E-state index contributed by atoms with van der Waals surface area (Å²) in [6.07, 6.45) is 41.8. The highest BCUT2D eigenvalue weighted by molar-refractivity contribution is 5.76. The largest absolute Gasteiger partial charge is 0.394 e. The van der Waals surface area contributed by atoms with Gasteiger partial charge in [-0.05, 0) is 96.3 Å². The molecule has 3 aliphatic rings. The Hall–Kier alpha value is -3.81. The minimum absolute atomic E-state index is 0.210. The fourth-order valence-electron chi connectivity index (χ4n) is 10.3. The molecule has 17 atom stereocenters. The smallest absolute Gasteiger partial charge is 0.220 e. The van der Waals surface area contributed by atoms with E-state index in [1.165, 1.54) is 38.5 Å². The van der Waals surface area contributed by atoms with Crippen LogP contribution < -0.4 is 5.32 Å². The van der Waals surface area contributed by atoms with Crippen LogP contribution in [0.2, 0.25) is 0 Å². The van der Waals surface area contributed by atoms with Crippen LogP contribution in [-0.2, 0) is 33.2 Å². The Labute approximate surface area is 531 Å². The van der Waals surface area contributed by atoms with Crippen molar-refractivity contribution in [2.24, 2.45) is 0 Å². The average Bonchev–Trinajstić information content (AvgIpc) is 1.92. The molecule has 19 nitrogen and oxygen atoms in total. The normalized spacial score (nSPS) is 29.0. The third-order valence-corrected chi connectivity index (χ3v) is 15.7. The molecule has 12 N–H and O–H groups in total. The zero-order chi connectivity index (χ0) is 64.7. The van der Waals surface area contributed by atoms with Crippen LogP contribution in [0.4, 0.5) is 0 Å². The van der Waals surface area contributed by atoms with Gasteiger partial charge in [0.15, 0.2) is 18.9 Å². The molecule has 0 aliphatic carbocycles. The van der Waals surface area contributed by atoms with E-state index in [0.717, 1.165) is 109 Å². The minimum Gasteiger partial charge on any atom is -0.394 e. The molecule has 3 heterocycles. The average molecular weight is 1260 g/mol. The summed E-state index contributed by atoms with van der Waals surface area (Å²) < 4.78 is 34.2. The van der Waals surface area contributed by atoms with E-state index in [0.29, 0.717) is 12.8 Å². The molecule has 3 aliphatic heterocycles. The second-order valence-corrected chi connectivity index (χ2v) is 23.2. The van der Waals surface area contributed by atoms with Gasteiger partial charge >= 0.3 is 0 Å². The Morgan fingerprint density at radius 3 is 1.26 bits per heavy atom. The third-order valence-electron chi connectivity index (χ3n) is 15.7. The van der Waals surface area contributed by atoms with Gasteiger partial charge in [-0.1, -0.05) is 200 Å². The lowest BCUT2D eigenvalue weighted by Crippen LogP contribution is -2.66. The predicted molar refractivity (Wildman–Crippen MR) is 346 cm³/mol. The number of ether oxygens (including phenoxy) is 6. The molecule has 0 radical (unpaired) electrons. The van der Waals surface area contributed by atoms with Crippen LogP contribution in [0, 0.1) is 0 Å². The topological polar surface area (TPSA) is 307 Å². The van der Waals surface area contributed by atoms with E-state index in [9.17, 15) is 61.0 Å². The Kier molecular flexibility index (Phi) is 45.3. The predicted octanol–water partition coefficient (Wildman–Crippen LogP) is 8.04. The molecule has 3 fully saturated rings. The van der Waals surface area contributed by atoms with Crippen LogP contribution >= 0.6 is 0 Å². The van der Waals surface area contributed by atoms with Gasteiger partial charge in [0.2, 0.25) is 5.91 Å². The van der Waals surface area contributed by atoms with Crippen molar-refractivity contribution in [1.29, 1.82) is 0 Å². The van der Waals surface area contributed by atoms with Crippen LogP contribution in [0.3, 0.4) is 0 Å². The highest BCUT2D eigenvalue weighted by atomic mass is 16.8. The molecule has 1 amide bonds. The van der Waals surface area contributed by atoms with Crippen LogP contribution in [0.1, 0.15) is 181 Å². The van der Waals surface area contributed by atoms with E-state index in [2.05, 4.69) is 129 Å². The lowest BCUT2D eigenvalue weighted by Gasteiger charge is -2.48. The maximum Gasteiger partial charge on any atom is 0.220 e. The Morgan fingerprint density at radius 2 is 0.787 bits per heavy atom. The number of carbonyl (C=O) groups excluding carboxylic acids is 1. The number of carbonyl (C=O) groups is 1. The Morgan fingerprint density at radius 1 is 0.416 bits per heavy atom. The molecule has 17 unspecified atom stereocenters. The van der Waals surface area contributed by atoms with Gasteiger partial charge in [0.1, 0.15) is 73.2 Å². The van der Waals surface area contributed by atoms with Gasteiger partial charge in [-0.25, -0.2) is 0 Å². The summed E-state index contributed by atoms with van der Waals surface area (Å²) in [6.45, 7) is 1.54. The summed E-state index contributed by atoms with van der Waals surface area (Å²) in [5, 5.41) is 120. The van der Waals surface area contributed by atoms with E-state index in [1.807, 2.05) is 6.08 Å². The molecule has 508 valence electrons. The van der Waals surface area contributed by atoms with E-state index in [4.69, 9.17) is 28.4 Å². The van der Waals surface area contributed by atoms with Crippen LogP contribution in [0.15, 0.2) is 122 Å². The van der Waals surface area contributed by atoms with Gasteiger partial charge in [0, 0.05) is 6.42 Å². The van der Waals surface area contributed by atoms with Crippen molar-refractivity contribution in [2.45, 2.75) is 285 Å². The van der Waals surface area contributed by atoms with Gasteiger partial charge < -0.3 is 89.9 Å². The van der Waals surface area contributed by atoms with Gasteiger partial charge in [-0.2, -0.15) is 0 Å². The molecule has 3 rings (SSSR count). The molecule has 0 spiro atoms. The quantitative estimate of drug-likeness (QED) is 0.0203. The van der Waals surface area contributed by atoms with Crippen molar-refractivity contribution >= 4 is 5.91 Å². The van der Waals surface area contributed by atoms with E-state index < -0.39 is 124 Å². The van der Waals surface area contributed by atoms with E-state index >= 15 is 0 Å². The molecule has 89 heavy (non-hydrogen) atoms. The minimum atomic E-state index is -1.99. The molecular formula is C70H115NO18. The standard InChI is InChI=1S/C70H115NO18/c1-3-5-7-9-11-13-15-17-18-19-20-21-22-23-24-25-26-27-28-29-30-31-32-33-34-36-38-40-42-44-46-48-58(76)71-53(54(75)47-45-43-41-39-37-35-16-14-12-10-8-6-4-2)52-84-68-64(82)61(79)66(56(50-73)86-68)89-70-65(83)62(80)67(57(51-74)87-70)88-69-63(81)60(78)59(77)55(49-72)85-69/h5,7,11,13,17-18,20-21,23-24,26-27,29-30,32-33,37,39,45,47,53-57,59-70,72-75,77-83H,3-4,6,8-10,12,14-16,19,22,25,28,31,34-36,38,40-44,46,48-52H2,1-2H3,(H,71,76)/b7-5-,13-11-,18-17-,21-20-,24-23-,27-26-,30-29-,33-32-,39-37+,47-45+. The number of allylic oxidation sites excluding steroid dienone is 19. The monoisotopic (exact) mass is 1260 g/mol. The van der Waals surface area contributed by atoms with E-state index in [-0.39, 0.29) is 18.9 Å². The SMILES string of the molecule is CC/C=C\C/C=C\C/C=C\C/C=C\C/C=C\C/C=C\C/C=C\C/C=C\CCCCCCCCC(=O)NC(COC1OC(CO)C(OC2OC(CO)C(OC3OC(CO)C(O)C(O)C3O)C(O)C2O)C(O)C1O)C(O)/C=C/CC/C=C/CCCCCCCCC. The van der Waals surface area contributed by atoms with Gasteiger partial charge in [-0.15, -0.1) is 0 Å². The van der Waals surface area contributed by atoms with Crippen molar-refractivity contribution in [3.63, 3.8) is 0 Å². The fraction of sp³-hybridized carbons (Fsp3) is 0.700. The Bertz CT molecular complexity index is 2090. The van der Waals surface area contributed by atoms with Crippen molar-refractivity contribution in [2.75, 3.05) is 26.4 Å². The highest BCUT2D eigenvalue weighted by Crippen LogP contribution is 2.33. The summed E-state index contributed by atoms with van der Waals surface area (Å²) in [7, 11) is 0. The van der Waals surface area contributed by atoms with Crippen molar-refractivity contribution in [1.82, 2.24) is 5.32 Å². The second kappa shape index (κ2) is 50.7. The van der Waals surface area contributed by atoms with Crippen molar-refractivity contribution < 1.29 is 89.4 Å². The fourth-order valence-corrected chi connectivity index (χ4v) is 10.3. The van der Waals surface area contributed by atoms with Crippen molar-refractivity contribution in [3.8, 4) is 0 Å². The molecule has 0 bridgehead atoms. The lowest BCUT2D eigenvalue weighted by molar-refractivity contribution is -0.379. The molecule has 0 saturated carbocycles. The number of rotatable bonds is 48. The molecule has 19 heteroatoms. The van der Waals surface area contributed by atoms with E-state index in [1.54, 1.807) is 6.08 Å². The number of aliphatic hydroxyl groups is 11. The molecule has 3 saturated heterocycles. The maximum atomic E-state index is 13.4. The van der Waals surface area contributed by atoms with Crippen LogP contribution in [-0.4, -0.2) is 193 Å². The molecule has 0 aromatic rings. The number of amides is 1. The van der Waals surface area contributed by atoms with Crippen LogP contribution in [0.25, 0.3) is 0 Å². The highest BCUT2D eigenvalue weighted by Gasteiger charge is 2.53. The summed E-state index contributed by atoms with van der Waals surface area (Å²) in [5.74, 6) is -0.307. The summed E-state index contributed by atoms with van der Waals surface area (Å²) >= 11 is 0. The lowest BCUT2D eigenvalue weighted by atomic mass is 9.96. The number of hydrogen-bond donors (Lipinski definition) is 12. The van der Waals surface area contributed by atoms with Gasteiger partial charge in [0.05, 0.1) is 38.6 Å². The number of nitrogens with one attached hydrogen (secondary N) is 1. The van der Waals surface area contributed by atoms with Crippen LogP contribution in [0.5, 0.6) is 0 Å². The Balaban J connectivity index is 1.42. The zero-order valence-electron chi connectivity index (χ0n) is 53.4. The van der Waals surface area contributed by atoms with Crippen molar-refractivity contribution in [3.05, 3.63) is 122 Å². The zero-order valence-corrected chi connectivity index (χ0v) is 53.4. The first kappa shape index (κ1) is 79.4.